The summed E-state index contributed by atoms with van der Waals surface area (Å²) in [7, 11) is -3.15. The van der Waals surface area contributed by atoms with Crippen LogP contribution in [0.25, 0.3) is 0 Å². The highest BCUT2D eigenvalue weighted by molar-refractivity contribution is 7.85. The van der Waals surface area contributed by atoms with E-state index in [9.17, 15) is 0 Å². The summed E-state index contributed by atoms with van der Waals surface area (Å²) in [5, 5.41) is 2.38. The summed E-state index contributed by atoms with van der Waals surface area (Å²) in [5.41, 5.74) is 5.69. The molecule has 2 nitrogen and oxygen atoms in total. The van der Waals surface area contributed by atoms with Gasteiger partial charge < -0.3 is 9.30 Å². The first-order valence-electron chi connectivity index (χ1n) is 15.4. The number of ether oxygens (including phenoxy) is 1. The lowest BCUT2D eigenvalue weighted by molar-refractivity contribution is 0.418. The van der Waals surface area contributed by atoms with Crippen LogP contribution in [0.4, 0.5) is 0 Å². The molecule has 6 aromatic rings. The zero-order chi connectivity index (χ0) is 31.9. The maximum absolute atomic E-state index is 15.0. The van der Waals surface area contributed by atoms with E-state index in [4.69, 9.17) is 4.74 Å². The number of aryl methyl sites for hydroxylation is 3. The second kappa shape index (κ2) is 14.0. The quantitative estimate of drug-likeness (QED) is 0.187. The number of rotatable bonds is 3. The molecule has 1 aliphatic heterocycles. The van der Waals surface area contributed by atoms with Gasteiger partial charge in [-0.1, -0.05) is 177 Å². The van der Waals surface area contributed by atoms with Crippen LogP contribution in [0.15, 0.2) is 158 Å². The molecule has 0 bridgehead atoms. The van der Waals surface area contributed by atoms with Gasteiger partial charge in [-0.3, -0.25) is 0 Å². The lowest BCUT2D eigenvalue weighted by Crippen LogP contribution is -2.31. The molecule has 7 rings (SSSR count). The van der Waals surface area contributed by atoms with Crippen molar-refractivity contribution in [3.05, 3.63) is 186 Å². The topological polar surface area (TPSA) is 26.3 Å². The Morgan fingerprint density at radius 3 is 1.29 bits per heavy atom. The lowest BCUT2D eigenvalue weighted by atomic mass is 9.75. The van der Waals surface area contributed by atoms with Gasteiger partial charge in [0.15, 0.2) is 7.14 Å². The molecule has 0 unspecified atom stereocenters. The van der Waals surface area contributed by atoms with E-state index in [-0.39, 0.29) is 5.41 Å². The molecule has 1 aliphatic rings. The van der Waals surface area contributed by atoms with Crippen LogP contribution in [0.1, 0.15) is 41.7 Å². The zero-order valence-corrected chi connectivity index (χ0v) is 27.7. The molecule has 0 saturated carbocycles. The van der Waals surface area contributed by atoms with Crippen LogP contribution in [-0.4, -0.2) is 0 Å². The molecule has 0 aliphatic carbocycles. The predicted molar refractivity (Wildman–Crippen MR) is 192 cm³/mol. The Labute approximate surface area is 268 Å². The second-order valence-corrected chi connectivity index (χ2v) is 14.7. The van der Waals surface area contributed by atoms with E-state index in [0.29, 0.717) is 0 Å². The average Bonchev–Trinajstić information content (AvgIpc) is 3.07. The Morgan fingerprint density at radius 2 is 0.867 bits per heavy atom. The van der Waals surface area contributed by atoms with Crippen molar-refractivity contribution in [3.63, 3.8) is 0 Å². The van der Waals surface area contributed by atoms with E-state index in [1.807, 2.05) is 109 Å². The molecule has 0 atom stereocenters. The van der Waals surface area contributed by atoms with Crippen LogP contribution in [-0.2, 0) is 9.98 Å². The van der Waals surface area contributed by atoms with E-state index in [1.165, 1.54) is 11.1 Å². The van der Waals surface area contributed by atoms with Crippen molar-refractivity contribution in [2.45, 2.75) is 40.0 Å². The van der Waals surface area contributed by atoms with Crippen molar-refractivity contribution in [1.82, 2.24) is 0 Å². The lowest BCUT2D eigenvalue weighted by Gasteiger charge is -2.37. The largest absolute Gasteiger partial charge is 0.456 e. The van der Waals surface area contributed by atoms with Gasteiger partial charge >= 0.3 is 0 Å². The predicted octanol–water partition coefficient (Wildman–Crippen LogP) is 10.1. The maximum Gasteiger partial charge on any atom is 0.174 e. The van der Waals surface area contributed by atoms with Gasteiger partial charge in [0, 0.05) is 27.2 Å². The summed E-state index contributed by atoms with van der Waals surface area (Å²) in [6, 6.07) is 52.4. The summed E-state index contributed by atoms with van der Waals surface area (Å²) in [5.74, 6) is 1.60. The average molecular weight is 609 g/mol. The van der Waals surface area contributed by atoms with Crippen molar-refractivity contribution in [2.75, 3.05) is 0 Å². The highest BCUT2D eigenvalue weighted by atomic mass is 31.2. The fraction of sp³-hybridized carbons (Fsp3) is 0.143. The molecule has 226 valence electrons. The monoisotopic (exact) mass is 608 g/mol. The zero-order valence-electron chi connectivity index (χ0n) is 26.8. The van der Waals surface area contributed by atoms with Crippen LogP contribution >= 0.6 is 7.14 Å². The van der Waals surface area contributed by atoms with E-state index in [1.54, 1.807) is 0 Å². The summed E-state index contributed by atoms with van der Waals surface area (Å²) in [6.07, 6.45) is 0. The van der Waals surface area contributed by atoms with Gasteiger partial charge in [0.2, 0.25) is 0 Å². The number of benzene rings is 6. The standard InChI is InChI=1S/C28H25O2P.2C7H8/c1-20-12-10-17-23-26(20)30-27-24(28(23,2)3)18-11-19-25(27)31(29,21-13-6-4-7-14-21)22-15-8-5-9-16-22;2*1-7-5-3-2-4-6-7/h4-19H,1-3H3;2*2-6H,1H3. The summed E-state index contributed by atoms with van der Waals surface area (Å²) < 4.78 is 21.6. The van der Waals surface area contributed by atoms with Gasteiger partial charge in [0.25, 0.3) is 0 Å². The second-order valence-electron chi connectivity index (χ2n) is 11.9. The molecule has 0 fully saturated rings. The van der Waals surface area contributed by atoms with Gasteiger partial charge in [0.1, 0.15) is 11.5 Å². The molecular weight excluding hydrogens is 567 g/mol. The Balaban J connectivity index is 0.000000234. The third-order valence-electron chi connectivity index (χ3n) is 8.22. The number of hydrogen-bond donors (Lipinski definition) is 0. The molecule has 45 heavy (non-hydrogen) atoms. The fourth-order valence-corrected chi connectivity index (χ4v) is 8.46. The molecule has 0 saturated heterocycles. The molecule has 0 aromatic heterocycles. The number of fused-ring (bicyclic) bond motifs is 2. The minimum absolute atomic E-state index is 0.261. The highest BCUT2D eigenvalue weighted by Gasteiger charge is 2.40. The van der Waals surface area contributed by atoms with Crippen molar-refractivity contribution in [2.24, 2.45) is 0 Å². The molecule has 0 amide bonds. The summed E-state index contributed by atoms with van der Waals surface area (Å²) >= 11 is 0. The molecular formula is C42H41O2P. The van der Waals surface area contributed by atoms with Crippen molar-refractivity contribution >= 4 is 23.1 Å². The van der Waals surface area contributed by atoms with Gasteiger partial charge in [0.05, 0.1) is 5.30 Å². The summed E-state index contributed by atoms with van der Waals surface area (Å²) in [4.78, 5) is 0. The molecule has 0 N–H and O–H groups in total. The molecule has 0 radical (unpaired) electrons. The van der Waals surface area contributed by atoms with Crippen LogP contribution in [0.2, 0.25) is 0 Å². The molecule has 1 heterocycles. The van der Waals surface area contributed by atoms with Crippen LogP contribution < -0.4 is 20.7 Å². The Morgan fingerprint density at radius 1 is 0.467 bits per heavy atom. The van der Waals surface area contributed by atoms with Crippen molar-refractivity contribution < 1.29 is 9.30 Å². The SMILES string of the molecule is Cc1cccc2c1Oc1c(cccc1P(=O)(c1ccccc1)c1ccccc1)C2(C)C.Cc1ccccc1.Cc1ccccc1. The summed E-state index contributed by atoms with van der Waals surface area (Å²) in [6.45, 7) is 10.7. The fourth-order valence-electron chi connectivity index (χ4n) is 5.67. The van der Waals surface area contributed by atoms with E-state index < -0.39 is 7.14 Å². The minimum atomic E-state index is -3.15. The molecule has 0 spiro atoms. The molecule has 3 heteroatoms. The Bertz CT molecular complexity index is 1800. The van der Waals surface area contributed by atoms with E-state index >= 15 is 4.57 Å². The Hall–Kier alpha value is -4.65. The Kier molecular flexibility index (Phi) is 9.87. The minimum Gasteiger partial charge on any atom is -0.456 e. The van der Waals surface area contributed by atoms with Gasteiger partial charge in [-0.15, -0.1) is 0 Å². The third-order valence-corrected chi connectivity index (χ3v) is 11.3. The number of para-hydroxylation sites is 2. The third kappa shape index (κ3) is 6.88. The van der Waals surface area contributed by atoms with Crippen molar-refractivity contribution in [1.29, 1.82) is 0 Å². The molecule has 6 aromatic carbocycles. The first kappa shape index (κ1) is 31.8. The smallest absolute Gasteiger partial charge is 0.174 e. The normalized spacial score (nSPS) is 12.6. The first-order chi connectivity index (χ1) is 21.7. The van der Waals surface area contributed by atoms with Gasteiger partial charge in [-0.25, -0.2) is 0 Å². The van der Waals surface area contributed by atoms with Crippen LogP contribution in [0, 0.1) is 20.8 Å². The maximum atomic E-state index is 15.0. The van der Waals surface area contributed by atoms with Crippen LogP contribution in [0.5, 0.6) is 11.5 Å². The first-order valence-corrected chi connectivity index (χ1v) is 17.1. The number of hydrogen-bond acceptors (Lipinski definition) is 2. The van der Waals surface area contributed by atoms with Gasteiger partial charge in [-0.05, 0) is 32.4 Å². The van der Waals surface area contributed by atoms with Crippen molar-refractivity contribution in [3.8, 4) is 11.5 Å². The van der Waals surface area contributed by atoms with Crippen LogP contribution in [0.3, 0.4) is 0 Å². The van der Waals surface area contributed by atoms with E-state index in [0.717, 1.165) is 44.1 Å². The van der Waals surface area contributed by atoms with Gasteiger partial charge in [-0.2, -0.15) is 0 Å². The highest BCUT2D eigenvalue weighted by Crippen LogP contribution is 2.53. The van der Waals surface area contributed by atoms with E-state index in [2.05, 4.69) is 83.1 Å².